The van der Waals surface area contributed by atoms with Gasteiger partial charge >= 0.3 is 0 Å². The first-order chi connectivity index (χ1) is 9.70. The van der Waals surface area contributed by atoms with Crippen LogP contribution in [-0.4, -0.2) is 11.5 Å². The highest BCUT2D eigenvalue weighted by Crippen LogP contribution is 2.21. The van der Waals surface area contributed by atoms with E-state index in [1.165, 1.54) is 16.8 Å². The van der Waals surface area contributed by atoms with E-state index < -0.39 is 0 Å². The Morgan fingerprint density at radius 1 is 1.20 bits per heavy atom. The molecule has 1 heterocycles. The van der Waals surface area contributed by atoms with Crippen molar-refractivity contribution in [3.8, 4) is 0 Å². The minimum Gasteiger partial charge on any atom is -0.310 e. The summed E-state index contributed by atoms with van der Waals surface area (Å²) in [5.41, 5.74) is 3.74. The van der Waals surface area contributed by atoms with Crippen LogP contribution in [0.4, 0.5) is 0 Å². The van der Waals surface area contributed by atoms with Crippen molar-refractivity contribution in [2.75, 3.05) is 6.54 Å². The molecule has 1 N–H and O–H groups in total. The molecule has 0 fully saturated rings. The normalized spacial score (nSPS) is 12.3. The number of pyridine rings is 1. The maximum Gasteiger partial charge on any atom is 0.0451 e. The fourth-order valence-corrected chi connectivity index (χ4v) is 2.51. The topological polar surface area (TPSA) is 24.9 Å². The van der Waals surface area contributed by atoms with Gasteiger partial charge in [0, 0.05) is 28.8 Å². The van der Waals surface area contributed by atoms with Gasteiger partial charge in [0.05, 0.1) is 0 Å². The SMILES string of the molecule is CCCNC(Cc1ncccc1C)c1ccc(Br)cc1. The summed E-state index contributed by atoms with van der Waals surface area (Å²) in [6.07, 6.45) is 3.93. The molecule has 2 nitrogen and oxygen atoms in total. The van der Waals surface area contributed by atoms with E-state index >= 15 is 0 Å². The second kappa shape index (κ2) is 7.55. The van der Waals surface area contributed by atoms with Crippen molar-refractivity contribution in [2.45, 2.75) is 32.7 Å². The van der Waals surface area contributed by atoms with Gasteiger partial charge in [0.15, 0.2) is 0 Å². The lowest BCUT2D eigenvalue weighted by Crippen LogP contribution is -2.24. The summed E-state index contributed by atoms with van der Waals surface area (Å²) in [6.45, 7) is 5.34. The minimum atomic E-state index is 0.316. The summed E-state index contributed by atoms with van der Waals surface area (Å²) in [5.74, 6) is 0. The predicted molar refractivity (Wildman–Crippen MR) is 87.9 cm³/mol. The van der Waals surface area contributed by atoms with Gasteiger partial charge in [-0.25, -0.2) is 0 Å². The number of halogens is 1. The molecule has 0 aliphatic rings. The van der Waals surface area contributed by atoms with Crippen molar-refractivity contribution in [3.05, 3.63) is 63.9 Å². The third-order valence-electron chi connectivity index (χ3n) is 3.43. The summed E-state index contributed by atoms with van der Waals surface area (Å²) in [5, 5.41) is 3.63. The molecule has 1 aromatic heterocycles. The number of rotatable bonds is 6. The maximum absolute atomic E-state index is 4.52. The van der Waals surface area contributed by atoms with Crippen LogP contribution in [0.1, 0.15) is 36.2 Å². The molecule has 0 saturated carbocycles. The third kappa shape index (κ3) is 4.15. The fraction of sp³-hybridized carbons (Fsp3) is 0.353. The molecule has 0 aliphatic carbocycles. The second-order valence-corrected chi connectivity index (χ2v) is 5.95. The van der Waals surface area contributed by atoms with Crippen molar-refractivity contribution >= 4 is 15.9 Å². The average molecular weight is 333 g/mol. The Bertz CT molecular complexity index is 537. The highest BCUT2D eigenvalue weighted by atomic mass is 79.9. The molecular formula is C17H21BrN2. The highest BCUT2D eigenvalue weighted by molar-refractivity contribution is 9.10. The molecule has 0 saturated heterocycles. The summed E-state index contributed by atoms with van der Waals surface area (Å²) in [7, 11) is 0. The average Bonchev–Trinajstić information content (AvgIpc) is 2.46. The van der Waals surface area contributed by atoms with E-state index in [4.69, 9.17) is 0 Å². The predicted octanol–water partition coefficient (Wildman–Crippen LogP) is 4.44. The molecule has 0 radical (unpaired) electrons. The number of aromatic nitrogens is 1. The molecule has 0 amide bonds. The van der Waals surface area contributed by atoms with Crippen LogP contribution < -0.4 is 5.32 Å². The largest absolute Gasteiger partial charge is 0.310 e. The summed E-state index contributed by atoms with van der Waals surface area (Å²) in [6, 6.07) is 13.0. The van der Waals surface area contributed by atoms with E-state index in [2.05, 4.69) is 70.4 Å². The molecular weight excluding hydrogens is 312 g/mol. The van der Waals surface area contributed by atoms with E-state index in [9.17, 15) is 0 Å². The maximum atomic E-state index is 4.52. The van der Waals surface area contributed by atoms with Crippen LogP contribution in [0.25, 0.3) is 0 Å². The van der Waals surface area contributed by atoms with E-state index in [-0.39, 0.29) is 0 Å². The minimum absolute atomic E-state index is 0.316. The standard InChI is InChI=1S/C17H21BrN2/c1-3-10-19-17(14-6-8-15(18)9-7-14)12-16-13(2)5-4-11-20-16/h4-9,11,17,19H,3,10,12H2,1-2H3. The van der Waals surface area contributed by atoms with Gasteiger partial charge in [-0.2, -0.15) is 0 Å². The van der Waals surface area contributed by atoms with Gasteiger partial charge in [0.1, 0.15) is 0 Å². The van der Waals surface area contributed by atoms with Crippen molar-refractivity contribution in [1.29, 1.82) is 0 Å². The summed E-state index contributed by atoms with van der Waals surface area (Å²) in [4.78, 5) is 4.52. The molecule has 1 unspecified atom stereocenters. The Labute approximate surface area is 129 Å². The monoisotopic (exact) mass is 332 g/mol. The summed E-state index contributed by atoms with van der Waals surface area (Å²) >= 11 is 3.49. The Balaban J connectivity index is 2.19. The van der Waals surface area contributed by atoms with Crippen LogP contribution in [0.2, 0.25) is 0 Å². The molecule has 0 bridgehead atoms. The molecule has 20 heavy (non-hydrogen) atoms. The zero-order valence-electron chi connectivity index (χ0n) is 12.1. The Hall–Kier alpha value is -1.19. The van der Waals surface area contributed by atoms with Gasteiger partial charge in [-0.05, 0) is 49.2 Å². The third-order valence-corrected chi connectivity index (χ3v) is 3.96. The molecule has 1 atom stereocenters. The Morgan fingerprint density at radius 3 is 2.60 bits per heavy atom. The van der Waals surface area contributed by atoms with Crippen LogP contribution in [0, 0.1) is 6.92 Å². The number of benzene rings is 1. The number of hydrogen-bond acceptors (Lipinski definition) is 2. The molecule has 106 valence electrons. The van der Waals surface area contributed by atoms with Gasteiger partial charge < -0.3 is 5.32 Å². The van der Waals surface area contributed by atoms with Crippen molar-refractivity contribution < 1.29 is 0 Å². The van der Waals surface area contributed by atoms with Gasteiger partial charge in [-0.3, -0.25) is 4.98 Å². The number of aryl methyl sites for hydroxylation is 1. The first kappa shape index (κ1) is 15.2. The molecule has 3 heteroatoms. The number of hydrogen-bond donors (Lipinski definition) is 1. The van der Waals surface area contributed by atoms with Gasteiger partial charge in [0.25, 0.3) is 0 Å². The molecule has 2 aromatic rings. The first-order valence-corrected chi connectivity index (χ1v) is 7.89. The van der Waals surface area contributed by atoms with Crippen LogP contribution in [0.15, 0.2) is 47.1 Å². The van der Waals surface area contributed by atoms with Crippen LogP contribution in [0.3, 0.4) is 0 Å². The quantitative estimate of drug-likeness (QED) is 0.846. The molecule has 0 spiro atoms. The van der Waals surface area contributed by atoms with Crippen LogP contribution in [-0.2, 0) is 6.42 Å². The highest BCUT2D eigenvalue weighted by Gasteiger charge is 2.13. The first-order valence-electron chi connectivity index (χ1n) is 7.10. The van der Waals surface area contributed by atoms with Crippen molar-refractivity contribution in [3.63, 3.8) is 0 Å². The van der Waals surface area contributed by atoms with Crippen LogP contribution >= 0.6 is 15.9 Å². The molecule has 1 aromatic carbocycles. The van der Waals surface area contributed by atoms with Crippen LogP contribution in [0.5, 0.6) is 0 Å². The lowest BCUT2D eigenvalue weighted by atomic mass is 9.99. The molecule has 0 aliphatic heterocycles. The number of nitrogens with one attached hydrogen (secondary N) is 1. The van der Waals surface area contributed by atoms with E-state index in [1.54, 1.807) is 0 Å². The van der Waals surface area contributed by atoms with E-state index in [0.717, 1.165) is 23.9 Å². The van der Waals surface area contributed by atoms with Gasteiger partial charge in [-0.15, -0.1) is 0 Å². The van der Waals surface area contributed by atoms with Gasteiger partial charge in [-0.1, -0.05) is 41.1 Å². The Morgan fingerprint density at radius 2 is 1.95 bits per heavy atom. The number of nitrogens with zero attached hydrogens (tertiary/aromatic N) is 1. The van der Waals surface area contributed by atoms with Gasteiger partial charge in [0.2, 0.25) is 0 Å². The lowest BCUT2D eigenvalue weighted by molar-refractivity contribution is 0.523. The zero-order valence-corrected chi connectivity index (χ0v) is 13.7. The smallest absolute Gasteiger partial charge is 0.0451 e. The van der Waals surface area contributed by atoms with E-state index in [1.807, 2.05) is 12.3 Å². The second-order valence-electron chi connectivity index (χ2n) is 5.03. The zero-order chi connectivity index (χ0) is 14.4. The van der Waals surface area contributed by atoms with Crippen molar-refractivity contribution in [1.82, 2.24) is 10.3 Å². The molecule has 2 rings (SSSR count). The lowest BCUT2D eigenvalue weighted by Gasteiger charge is -2.19. The Kier molecular flexibility index (Phi) is 5.74. The summed E-state index contributed by atoms with van der Waals surface area (Å²) < 4.78 is 1.12. The van der Waals surface area contributed by atoms with E-state index in [0.29, 0.717) is 6.04 Å². The fourth-order valence-electron chi connectivity index (χ4n) is 2.25. The van der Waals surface area contributed by atoms with Crippen molar-refractivity contribution in [2.24, 2.45) is 0 Å².